The second-order valence-corrected chi connectivity index (χ2v) is 3.05. The van der Waals surface area contributed by atoms with E-state index in [0.29, 0.717) is 0 Å². The minimum absolute atomic E-state index is 0.00574. The Bertz CT molecular complexity index is 353. The lowest BCUT2D eigenvalue weighted by Gasteiger charge is -2.08. The Kier molecular flexibility index (Phi) is 3.01. The van der Waals surface area contributed by atoms with Crippen molar-refractivity contribution in [2.24, 2.45) is 0 Å². The minimum atomic E-state index is -0.755. The van der Waals surface area contributed by atoms with Gasteiger partial charge in [-0.15, -0.1) is 0 Å². The van der Waals surface area contributed by atoms with Crippen LogP contribution in [-0.4, -0.2) is 17.1 Å². The Morgan fingerprint density at radius 3 is 2.86 bits per heavy atom. The number of carbonyl (C=O) groups excluding carboxylic acids is 1. The van der Waals surface area contributed by atoms with Gasteiger partial charge in [-0.1, -0.05) is 0 Å². The maximum absolute atomic E-state index is 12.7. The van der Waals surface area contributed by atoms with E-state index in [9.17, 15) is 9.18 Å². The summed E-state index contributed by atoms with van der Waals surface area (Å²) < 4.78 is 17.5. The number of carbonyl (C=O) groups is 1. The lowest BCUT2D eigenvalue weighted by atomic mass is 10.2. The lowest BCUT2D eigenvalue weighted by molar-refractivity contribution is 0.0378. The highest BCUT2D eigenvalue weighted by Gasteiger charge is 2.14. The molecule has 0 saturated heterocycles. The quantitative estimate of drug-likeness (QED) is 0.575. The fraction of sp³-hybridized carbons (Fsp3) is 0.333. The second-order valence-electron chi connectivity index (χ2n) is 3.05. The molecule has 1 heterocycles. The van der Waals surface area contributed by atoms with E-state index >= 15 is 0 Å². The predicted molar refractivity (Wildman–Crippen MR) is 49.2 cm³/mol. The third kappa shape index (κ3) is 2.42. The van der Waals surface area contributed by atoms with E-state index in [2.05, 4.69) is 4.98 Å². The van der Waals surface area contributed by atoms with Gasteiger partial charge in [0.1, 0.15) is 0 Å². The molecule has 0 aliphatic heterocycles. The molecule has 0 fully saturated rings. The van der Waals surface area contributed by atoms with Crippen LogP contribution in [0.2, 0.25) is 0 Å². The van der Waals surface area contributed by atoms with Crippen molar-refractivity contribution in [2.75, 3.05) is 5.73 Å². The number of halogens is 1. The number of hydrogen-bond acceptors (Lipinski definition) is 4. The molecule has 5 heteroatoms. The minimum Gasteiger partial charge on any atom is -0.459 e. The summed E-state index contributed by atoms with van der Waals surface area (Å²) in [6.07, 6.45) is 0.824. The molecule has 2 N–H and O–H groups in total. The summed E-state index contributed by atoms with van der Waals surface area (Å²) in [6, 6.07) is 0.958. The van der Waals surface area contributed by atoms with Gasteiger partial charge in [-0.05, 0) is 13.8 Å². The van der Waals surface area contributed by atoms with Crippen LogP contribution in [0.5, 0.6) is 0 Å². The Balaban J connectivity index is 2.94. The van der Waals surface area contributed by atoms with Crippen molar-refractivity contribution in [3.05, 3.63) is 23.8 Å². The lowest BCUT2D eigenvalue weighted by Crippen LogP contribution is -2.14. The number of anilines is 1. The summed E-state index contributed by atoms with van der Waals surface area (Å²) in [6.45, 7) is 3.40. The number of esters is 1. The number of nitrogens with zero attached hydrogens (tertiary/aromatic N) is 1. The molecule has 76 valence electrons. The van der Waals surface area contributed by atoms with E-state index in [0.717, 1.165) is 12.3 Å². The van der Waals surface area contributed by atoms with Crippen LogP contribution in [0.25, 0.3) is 0 Å². The molecule has 0 radical (unpaired) electrons. The standard InChI is InChI=1S/C9H11FN2O2/c1-5(2)14-9(13)6-3-8(10)12-4-7(6)11/h3-5H,11H2,1-2H3. The normalized spacial score (nSPS) is 10.3. The first-order valence-electron chi connectivity index (χ1n) is 4.12. The zero-order chi connectivity index (χ0) is 10.7. The molecule has 0 unspecified atom stereocenters. The molecule has 0 aromatic carbocycles. The van der Waals surface area contributed by atoms with Crippen LogP contribution in [0.1, 0.15) is 24.2 Å². The molecule has 0 bridgehead atoms. The van der Waals surface area contributed by atoms with Crippen LogP contribution in [0.3, 0.4) is 0 Å². The van der Waals surface area contributed by atoms with E-state index in [1.165, 1.54) is 0 Å². The molecule has 0 atom stereocenters. The number of hydrogen-bond donors (Lipinski definition) is 1. The van der Waals surface area contributed by atoms with Crippen molar-refractivity contribution >= 4 is 11.7 Å². The van der Waals surface area contributed by atoms with Crippen molar-refractivity contribution in [1.29, 1.82) is 0 Å². The van der Waals surface area contributed by atoms with Crippen molar-refractivity contribution < 1.29 is 13.9 Å². The number of rotatable bonds is 2. The third-order valence-corrected chi connectivity index (χ3v) is 1.46. The van der Waals surface area contributed by atoms with Gasteiger partial charge in [-0.25, -0.2) is 9.78 Å². The fourth-order valence-electron chi connectivity index (χ4n) is 0.895. The van der Waals surface area contributed by atoms with E-state index in [1.54, 1.807) is 13.8 Å². The van der Waals surface area contributed by atoms with Gasteiger partial charge in [0, 0.05) is 6.07 Å². The Labute approximate surface area is 80.9 Å². The molecule has 0 saturated carbocycles. The first-order chi connectivity index (χ1) is 6.50. The molecule has 0 aliphatic rings. The maximum atomic E-state index is 12.7. The van der Waals surface area contributed by atoms with Gasteiger partial charge in [0.15, 0.2) is 0 Å². The van der Waals surface area contributed by atoms with Gasteiger partial charge in [-0.3, -0.25) is 0 Å². The highest BCUT2D eigenvalue weighted by Crippen LogP contribution is 2.13. The third-order valence-electron chi connectivity index (χ3n) is 1.46. The molecule has 1 aromatic heterocycles. The summed E-state index contributed by atoms with van der Waals surface area (Å²) >= 11 is 0. The van der Waals surface area contributed by atoms with Crippen molar-refractivity contribution in [3.63, 3.8) is 0 Å². The number of nitrogens with two attached hydrogens (primary N) is 1. The molecule has 1 rings (SSSR count). The number of aromatic nitrogens is 1. The number of nitrogen functional groups attached to an aromatic ring is 1. The molecule has 1 aromatic rings. The van der Waals surface area contributed by atoms with Crippen LogP contribution in [0.4, 0.5) is 10.1 Å². The predicted octanol–water partition coefficient (Wildman–Crippen LogP) is 1.37. The van der Waals surface area contributed by atoms with Crippen LogP contribution in [-0.2, 0) is 4.74 Å². The van der Waals surface area contributed by atoms with Gasteiger partial charge in [0.25, 0.3) is 0 Å². The van der Waals surface area contributed by atoms with Crippen molar-refractivity contribution in [3.8, 4) is 0 Å². The van der Waals surface area contributed by atoms with Crippen LogP contribution < -0.4 is 5.73 Å². The summed E-state index contributed by atoms with van der Waals surface area (Å²) in [4.78, 5) is 14.6. The van der Waals surface area contributed by atoms with Gasteiger partial charge in [-0.2, -0.15) is 4.39 Å². The van der Waals surface area contributed by atoms with E-state index in [-0.39, 0.29) is 17.4 Å². The van der Waals surface area contributed by atoms with Gasteiger partial charge in [0.05, 0.1) is 23.6 Å². The van der Waals surface area contributed by atoms with E-state index in [1.807, 2.05) is 0 Å². The van der Waals surface area contributed by atoms with Gasteiger partial charge in [0.2, 0.25) is 5.95 Å². The molecule has 0 aliphatic carbocycles. The number of ether oxygens (including phenoxy) is 1. The highest BCUT2D eigenvalue weighted by molar-refractivity contribution is 5.94. The molecule has 0 spiro atoms. The summed E-state index contributed by atoms with van der Waals surface area (Å²) in [5.41, 5.74) is 5.55. The largest absolute Gasteiger partial charge is 0.459 e. The summed E-state index contributed by atoms with van der Waals surface area (Å²) in [5, 5.41) is 0. The van der Waals surface area contributed by atoms with Crippen LogP contribution in [0.15, 0.2) is 12.3 Å². The maximum Gasteiger partial charge on any atom is 0.340 e. The van der Waals surface area contributed by atoms with E-state index < -0.39 is 11.9 Å². The summed E-state index contributed by atoms with van der Waals surface area (Å²) in [7, 11) is 0. The van der Waals surface area contributed by atoms with Crippen molar-refractivity contribution in [1.82, 2.24) is 4.98 Å². The Hall–Kier alpha value is -1.65. The average Bonchev–Trinajstić information content (AvgIpc) is 2.08. The highest BCUT2D eigenvalue weighted by atomic mass is 19.1. The topological polar surface area (TPSA) is 65.2 Å². The second kappa shape index (κ2) is 4.04. The smallest absolute Gasteiger partial charge is 0.340 e. The SMILES string of the molecule is CC(C)OC(=O)c1cc(F)ncc1N. The Morgan fingerprint density at radius 1 is 1.64 bits per heavy atom. The molecular formula is C9H11FN2O2. The molecule has 4 nitrogen and oxygen atoms in total. The monoisotopic (exact) mass is 198 g/mol. The summed E-state index contributed by atoms with van der Waals surface area (Å²) in [5.74, 6) is -1.39. The zero-order valence-corrected chi connectivity index (χ0v) is 7.95. The average molecular weight is 198 g/mol. The first kappa shape index (κ1) is 10.4. The van der Waals surface area contributed by atoms with Crippen molar-refractivity contribution in [2.45, 2.75) is 20.0 Å². The fourth-order valence-corrected chi connectivity index (χ4v) is 0.895. The molecule has 0 amide bonds. The van der Waals surface area contributed by atoms with Crippen LogP contribution in [0, 0.1) is 5.95 Å². The first-order valence-corrected chi connectivity index (χ1v) is 4.12. The van der Waals surface area contributed by atoms with Crippen LogP contribution >= 0.6 is 0 Å². The van der Waals surface area contributed by atoms with Gasteiger partial charge >= 0.3 is 5.97 Å². The van der Waals surface area contributed by atoms with E-state index in [4.69, 9.17) is 10.5 Å². The number of pyridine rings is 1. The zero-order valence-electron chi connectivity index (χ0n) is 7.95. The van der Waals surface area contributed by atoms with Gasteiger partial charge < -0.3 is 10.5 Å². The molecule has 14 heavy (non-hydrogen) atoms. The molecular weight excluding hydrogens is 187 g/mol. The Morgan fingerprint density at radius 2 is 2.29 bits per heavy atom.